The summed E-state index contributed by atoms with van der Waals surface area (Å²) in [6.07, 6.45) is 4.42. The van der Waals surface area contributed by atoms with Gasteiger partial charge in [-0.05, 0) is 42.7 Å². The van der Waals surface area contributed by atoms with Crippen LogP contribution in [0.15, 0.2) is 54.0 Å². The van der Waals surface area contributed by atoms with Gasteiger partial charge in [-0.2, -0.15) is 0 Å². The van der Waals surface area contributed by atoms with E-state index in [1.165, 1.54) is 12.1 Å². The number of hydrogen-bond donors (Lipinski definition) is 1. The minimum absolute atomic E-state index is 0.0475. The van der Waals surface area contributed by atoms with E-state index in [0.29, 0.717) is 13.0 Å². The summed E-state index contributed by atoms with van der Waals surface area (Å²) in [6.45, 7) is 0.529. The highest BCUT2D eigenvalue weighted by Crippen LogP contribution is 2.13. The third kappa shape index (κ3) is 5.74. The average molecular weight is 369 g/mol. The second-order valence-corrected chi connectivity index (χ2v) is 6.90. The zero-order valence-electron chi connectivity index (χ0n) is 14.3. The molecule has 2 aromatic heterocycles. The molecule has 0 aliphatic rings. The normalized spacial score (nSPS) is 10.7. The van der Waals surface area contributed by atoms with Gasteiger partial charge in [0, 0.05) is 30.2 Å². The summed E-state index contributed by atoms with van der Waals surface area (Å²) in [4.78, 5) is 20.9. The van der Waals surface area contributed by atoms with Crippen LogP contribution < -0.4 is 5.32 Å². The summed E-state index contributed by atoms with van der Waals surface area (Å²) in [7, 11) is 0. The highest BCUT2D eigenvalue weighted by molar-refractivity contribution is 7.09. The molecule has 4 nitrogen and oxygen atoms in total. The fraction of sp³-hybridized carbons (Fsp3) is 0.250. The quantitative estimate of drug-likeness (QED) is 0.662. The van der Waals surface area contributed by atoms with E-state index in [2.05, 4.69) is 15.3 Å². The Kier molecular flexibility index (Phi) is 6.44. The molecule has 0 unspecified atom stereocenters. The van der Waals surface area contributed by atoms with Gasteiger partial charge >= 0.3 is 0 Å². The van der Waals surface area contributed by atoms with Crippen molar-refractivity contribution in [2.45, 2.75) is 25.7 Å². The van der Waals surface area contributed by atoms with Crippen molar-refractivity contribution in [3.63, 3.8) is 0 Å². The molecular formula is C20H20FN3OS. The maximum absolute atomic E-state index is 12.9. The third-order valence-corrected chi connectivity index (χ3v) is 4.87. The van der Waals surface area contributed by atoms with Crippen molar-refractivity contribution in [2.24, 2.45) is 0 Å². The van der Waals surface area contributed by atoms with Gasteiger partial charge in [-0.15, -0.1) is 11.3 Å². The van der Waals surface area contributed by atoms with E-state index in [0.717, 1.165) is 34.8 Å². The smallest absolute Gasteiger partial charge is 0.226 e. The van der Waals surface area contributed by atoms with Gasteiger partial charge in [0.05, 0.1) is 17.1 Å². The lowest BCUT2D eigenvalue weighted by Gasteiger charge is -2.04. The van der Waals surface area contributed by atoms with Gasteiger partial charge in [0.1, 0.15) is 5.82 Å². The van der Waals surface area contributed by atoms with Gasteiger partial charge in [-0.1, -0.05) is 18.2 Å². The maximum atomic E-state index is 12.9. The highest BCUT2D eigenvalue weighted by atomic mass is 32.1. The zero-order chi connectivity index (χ0) is 18.2. The summed E-state index contributed by atoms with van der Waals surface area (Å²) in [5, 5.41) is 5.84. The lowest BCUT2D eigenvalue weighted by Crippen LogP contribution is -2.27. The number of nitrogens with one attached hydrogen (secondary N) is 1. The molecule has 0 saturated carbocycles. The number of halogens is 1. The number of carbonyl (C=O) groups excluding carboxylic acids is 1. The van der Waals surface area contributed by atoms with Gasteiger partial charge in [0.15, 0.2) is 0 Å². The van der Waals surface area contributed by atoms with Gasteiger partial charge in [0.2, 0.25) is 5.91 Å². The number of hydrogen-bond acceptors (Lipinski definition) is 4. The van der Waals surface area contributed by atoms with Crippen molar-refractivity contribution < 1.29 is 9.18 Å². The average Bonchev–Trinajstić information content (AvgIpc) is 3.10. The molecule has 134 valence electrons. The molecule has 3 rings (SSSR count). The van der Waals surface area contributed by atoms with Crippen molar-refractivity contribution in [3.05, 3.63) is 81.8 Å². The predicted octanol–water partition coefficient (Wildman–Crippen LogP) is 3.36. The summed E-state index contributed by atoms with van der Waals surface area (Å²) in [6, 6.07) is 12.2. The van der Waals surface area contributed by atoms with Crippen LogP contribution in [0.5, 0.6) is 0 Å². The number of carbonyl (C=O) groups is 1. The molecule has 1 N–H and O–H groups in total. The fourth-order valence-corrected chi connectivity index (χ4v) is 3.35. The molecule has 0 bridgehead atoms. The number of aryl methyl sites for hydroxylation is 2. The summed E-state index contributed by atoms with van der Waals surface area (Å²) in [5.74, 6) is -0.297. The Labute approximate surface area is 156 Å². The topological polar surface area (TPSA) is 54.9 Å². The van der Waals surface area contributed by atoms with E-state index in [4.69, 9.17) is 0 Å². The van der Waals surface area contributed by atoms with Crippen LogP contribution in [-0.2, 0) is 30.5 Å². The van der Waals surface area contributed by atoms with Crippen molar-refractivity contribution in [1.29, 1.82) is 0 Å². The van der Waals surface area contributed by atoms with Crippen LogP contribution in [0.2, 0.25) is 0 Å². The van der Waals surface area contributed by atoms with Crippen LogP contribution in [0.4, 0.5) is 4.39 Å². The first-order chi connectivity index (χ1) is 12.7. The SMILES string of the molecule is O=C(Cc1csc(CCc2ccccn2)n1)NCCc1ccc(F)cc1. The largest absolute Gasteiger partial charge is 0.355 e. The van der Waals surface area contributed by atoms with Crippen molar-refractivity contribution in [3.8, 4) is 0 Å². The number of pyridine rings is 1. The van der Waals surface area contributed by atoms with Crippen LogP contribution in [0.3, 0.4) is 0 Å². The molecule has 0 spiro atoms. The predicted molar refractivity (Wildman–Crippen MR) is 101 cm³/mol. The first-order valence-electron chi connectivity index (χ1n) is 8.53. The third-order valence-electron chi connectivity index (χ3n) is 3.91. The number of benzene rings is 1. The number of rotatable bonds is 8. The molecule has 0 radical (unpaired) electrons. The van der Waals surface area contributed by atoms with E-state index in [-0.39, 0.29) is 18.1 Å². The molecule has 0 fully saturated rings. The molecule has 0 atom stereocenters. The molecule has 0 aliphatic heterocycles. The molecule has 0 aliphatic carbocycles. The standard InChI is InChI=1S/C20H20FN3OS/c21-16-6-4-15(5-7-16)10-12-23-19(25)13-18-14-26-20(24-18)9-8-17-3-1-2-11-22-17/h1-7,11,14H,8-10,12-13H2,(H,23,25). The van der Waals surface area contributed by atoms with E-state index in [1.807, 2.05) is 23.6 Å². The Morgan fingerprint density at radius 1 is 1.04 bits per heavy atom. The van der Waals surface area contributed by atoms with Crippen molar-refractivity contribution >= 4 is 17.2 Å². The Morgan fingerprint density at radius 3 is 2.65 bits per heavy atom. The number of thiazole rings is 1. The zero-order valence-corrected chi connectivity index (χ0v) is 15.1. The molecule has 1 aromatic carbocycles. The van der Waals surface area contributed by atoms with Gasteiger partial charge in [-0.3, -0.25) is 9.78 Å². The minimum atomic E-state index is -0.250. The molecule has 6 heteroatoms. The van der Waals surface area contributed by atoms with E-state index in [1.54, 1.807) is 29.7 Å². The maximum Gasteiger partial charge on any atom is 0.226 e. The van der Waals surface area contributed by atoms with Crippen LogP contribution in [0, 0.1) is 5.82 Å². The molecular weight excluding hydrogens is 349 g/mol. The second-order valence-electron chi connectivity index (χ2n) is 5.96. The lowest BCUT2D eigenvalue weighted by molar-refractivity contribution is -0.120. The van der Waals surface area contributed by atoms with Crippen LogP contribution in [0.25, 0.3) is 0 Å². The van der Waals surface area contributed by atoms with Gasteiger partial charge in [-0.25, -0.2) is 9.37 Å². The summed E-state index contributed by atoms with van der Waals surface area (Å²) in [5.41, 5.74) is 2.84. The number of aromatic nitrogens is 2. The van der Waals surface area contributed by atoms with E-state index >= 15 is 0 Å². The number of nitrogens with zero attached hydrogens (tertiary/aromatic N) is 2. The second kappa shape index (κ2) is 9.20. The summed E-state index contributed by atoms with van der Waals surface area (Å²) >= 11 is 1.58. The first kappa shape index (κ1) is 18.2. The highest BCUT2D eigenvalue weighted by Gasteiger charge is 2.08. The molecule has 0 saturated heterocycles. The Bertz CT molecular complexity index is 834. The van der Waals surface area contributed by atoms with Crippen LogP contribution in [-0.4, -0.2) is 22.4 Å². The first-order valence-corrected chi connectivity index (χ1v) is 9.41. The molecule has 2 heterocycles. The molecule has 26 heavy (non-hydrogen) atoms. The Balaban J connectivity index is 1.40. The van der Waals surface area contributed by atoms with Crippen LogP contribution in [0.1, 0.15) is 22.0 Å². The monoisotopic (exact) mass is 369 g/mol. The number of amides is 1. The fourth-order valence-electron chi connectivity index (χ4n) is 2.55. The summed E-state index contributed by atoms with van der Waals surface area (Å²) < 4.78 is 12.9. The Hall–Kier alpha value is -2.60. The van der Waals surface area contributed by atoms with Gasteiger partial charge < -0.3 is 5.32 Å². The van der Waals surface area contributed by atoms with Gasteiger partial charge in [0.25, 0.3) is 0 Å². The minimum Gasteiger partial charge on any atom is -0.355 e. The van der Waals surface area contributed by atoms with Crippen molar-refractivity contribution in [2.75, 3.05) is 6.54 Å². The molecule has 3 aromatic rings. The lowest BCUT2D eigenvalue weighted by atomic mass is 10.1. The van der Waals surface area contributed by atoms with E-state index < -0.39 is 0 Å². The van der Waals surface area contributed by atoms with Crippen LogP contribution >= 0.6 is 11.3 Å². The van der Waals surface area contributed by atoms with E-state index in [9.17, 15) is 9.18 Å². The van der Waals surface area contributed by atoms with Crippen molar-refractivity contribution in [1.82, 2.24) is 15.3 Å². The Morgan fingerprint density at radius 2 is 1.88 bits per heavy atom. The molecule has 1 amide bonds.